The number of anilines is 3. The molecule has 0 aliphatic rings. The number of carbonyl (C=O) groups excluding carboxylic acids is 2. The number of nitrogens with two attached hydrogens (primary N) is 1. The first-order valence-electron chi connectivity index (χ1n) is 9.75. The molecule has 0 bridgehead atoms. The number of nitrogens with zero attached hydrogens (tertiary/aromatic N) is 2. The molecule has 2 rings (SSSR count). The van der Waals surface area contributed by atoms with Gasteiger partial charge in [-0.25, -0.2) is 9.59 Å². The summed E-state index contributed by atoms with van der Waals surface area (Å²) in [5.41, 5.74) is 5.23. The number of aromatic nitrogens is 2. The zero-order chi connectivity index (χ0) is 22.3. The fourth-order valence-electron chi connectivity index (χ4n) is 2.89. The number of nitrogen functional groups attached to an aromatic ring is 1. The monoisotopic (exact) mass is 437 g/mol. The summed E-state index contributed by atoms with van der Waals surface area (Å²) in [6.45, 7) is 6.16. The number of likely N-dealkylation sites (N-methyl/N-ethyl adjacent to an activating group) is 1. The van der Waals surface area contributed by atoms with E-state index in [1.807, 2.05) is 6.92 Å². The van der Waals surface area contributed by atoms with E-state index >= 15 is 0 Å². The van der Waals surface area contributed by atoms with Crippen LogP contribution in [-0.2, 0) is 16.1 Å². The third-order valence-corrected chi connectivity index (χ3v) is 5.23. The van der Waals surface area contributed by atoms with Crippen molar-refractivity contribution in [2.75, 3.05) is 35.6 Å². The standard InChI is InChI=1S/C19H27N5O5S/c1-4-7-9-24-15(20)14(16(26)22-19(24)28)23(5-2)11-13(25)21-17-12(8-10-30-17)18(27)29-6-3/h8,10H,4-7,9,11,20H2,1-3H3,(H,21,25)(H,22,26,28). The first-order chi connectivity index (χ1) is 14.3. The second kappa shape index (κ2) is 10.6. The molecule has 0 aliphatic carbocycles. The molecule has 164 valence electrons. The van der Waals surface area contributed by atoms with Gasteiger partial charge in [-0.05, 0) is 31.7 Å². The van der Waals surface area contributed by atoms with Gasteiger partial charge in [-0.1, -0.05) is 13.3 Å². The van der Waals surface area contributed by atoms with Gasteiger partial charge in [0.1, 0.15) is 16.5 Å². The molecule has 0 radical (unpaired) electrons. The molecule has 0 fully saturated rings. The lowest BCUT2D eigenvalue weighted by molar-refractivity contribution is -0.114. The van der Waals surface area contributed by atoms with Crippen molar-refractivity contribution in [2.45, 2.75) is 40.2 Å². The minimum atomic E-state index is -0.650. The summed E-state index contributed by atoms with van der Waals surface area (Å²) in [7, 11) is 0. The predicted octanol–water partition coefficient (Wildman–Crippen LogP) is 1.62. The van der Waals surface area contributed by atoms with E-state index in [0.717, 1.165) is 12.8 Å². The van der Waals surface area contributed by atoms with Crippen LogP contribution in [0, 0.1) is 0 Å². The Morgan fingerprint density at radius 1 is 1.30 bits per heavy atom. The van der Waals surface area contributed by atoms with Crippen LogP contribution in [0.25, 0.3) is 0 Å². The molecule has 11 heteroatoms. The van der Waals surface area contributed by atoms with E-state index in [4.69, 9.17) is 10.5 Å². The molecular weight excluding hydrogens is 410 g/mol. The zero-order valence-electron chi connectivity index (χ0n) is 17.3. The van der Waals surface area contributed by atoms with Crippen molar-refractivity contribution in [3.63, 3.8) is 0 Å². The number of H-pyrrole nitrogens is 1. The predicted molar refractivity (Wildman–Crippen MR) is 117 cm³/mol. The SMILES string of the molecule is CCCCn1c(N)c(N(CC)CC(=O)Nc2sccc2C(=O)OCC)c(=O)[nH]c1=O. The summed E-state index contributed by atoms with van der Waals surface area (Å²) >= 11 is 1.19. The molecule has 2 aromatic rings. The third-order valence-electron chi connectivity index (χ3n) is 4.40. The lowest BCUT2D eigenvalue weighted by Gasteiger charge is -2.24. The number of rotatable bonds is 10. The van der Waals surface area contributed by atoms with Crippen molar-refractivity contribution >= 4 is 39.7 Å². The third kappa shape index (κ3) is 5.29. The van der Waals surface area contributed by atoms with Gasteiger partial charge in [-0.3, -0.25) is 19.1 Å². The normalized spacial score (nSPS) is 10.6. The highest BCUT2D eigenvalue weighted by molar-refractivity contribution is 7.14. The Morgan fingerprint density at radius 3 is 2.67 bits per heavy atom. The van der Waals surface area contributed by atoms with E-state index in [1.54, 1.807) is 25.3 Å². The highest BCUT2D eigenvalue weighted by Gasteiger charge is 2.21. The number of hydrogen-bond donors (Lipinski definition) is 3. The molecule has 1 amide bonds. The van der Waals surface area contributed by atoms with Crippen molar-refractivity contribution in [3.05, 3.63) is 37.8 Å². The quantitative estimate of drug-likeness (QED) is 0.480. The van der Waals surface area contributed by atoms with Crippen molar-refractivity contribution in [1.29, 1.82) is 0 Å². The van der Waals surface area contributed by atoms with E-state index in [9.17, 15) is 19.2 Å². The van der Waals surface area contributed by atoms with Crippen LogP contribution in [0.5, 0.6) is 0 Å². The van der Waals surface area contributed by atoms with Crippen LogP contribution in [0.4, 0.5) is 16.5 Å². The number of carbonyl (C=O) groups is 2. The summed E-state index contributed by atoms with van der Waals surface area (Å²) in [5.74, 6) is -0.935. The fraction of sp³-hybridized carbons (Fsp3) is 0.474. The lowest BCUT2D eigenvalue weighted by Crippen LogP contribution is -2.41. The van der Waals surface area contributed by atoms with Gasteiger partial charge in [-0.15, -0.1) is 11.3 Å². The van der Waals surface area contributed by atoms with Crippen molar-refractivity contribution < 1.29 is 14.3 Å². The number of ether oxygens (including phenoxy) is 1. The summed E-state index contributed by atoms with van der Waals surface area (Å²) in [6, 6.07) is 1.57. The van der Waals surface area contributed by atoms with Crippen LogP contribution < -0.4 is 27.2 Å². The lowest BCUT2D eigenvalue weighted by atomic mass is 10.3. The maximum atomic E-state index is 12.6. The van der Waals surface area contributed by atoms with E-state index in [0.29, 0.717) is 18.1 Å². The molecule has 0 aromatic carbocycles. The van der Waals surface area contributed by atoms with E-state index in [2.05, 4.69) is 10.3 Å². The first kappa shape index (κ1) is 23.2. The van der Waals surface area contributed by atoms with Crippen LogP contribution in [0.2, 0.25) is 0 Å². The Bertz CT molecular complexity index is 1010. The molecular formula is C19H27N5O5S. The highest BCUT2D eigenvalue weighted by atomic mass is 32.1. The Kier molecular flexibility index (Phi) is 8.22. The molecule has 0 aliphatic heterocycles. The molecule has 0 unspecified atom stereocenters. The van der Waals surface area contributed by atoms with Gasteiger partial charge in [0.15, 0.2) is 0 Å². The number of hydrogen-bond acceptors (Lipinski definition) is 8. The van der Waals surface area contributed by atoms with Gasteiger partial charge in [0, 0.05) is 13.1 Å². The fourth-order valence-corrected chi connectivity index (χ4v) is 3.68. The van der Waals surface area contributed by atoms with Gasteiger partial charge >= 0.3 is 11.7 Å². The van der Waals surface area contributed by atoms with Gasteiger partial charge in [0.25, 0.3) is 5.56 Å². The minimum Gasteiger partial charge on any atom is -0.462 e. The van der Waals surface area contributed by atoms with E-state index < -0.39 is 23.1 Å². The van der Waals surface area contributed by atoms with Crippen LogP contribution in [0.1, 0.15) is 44.0 Å². The summed E-state index contributed by atoms with van der Waals surface area (Å²) in [6.07, 6.45) is 1.57. The number of amides is 1. The molecule has 0 saturated carbocycles. The Balaban J connectivity index is 2.25. The largest absolute Gasteiger partial charge is 0.462 e. The van der Waals surface area contributed by atoms with Gasteiger partial charge in [0.2, 0.25) is 5.91 Å². The Hall–Kier alpha value is -3.08. The highest BCUT2D eigenvalue weighted by Crippen LogP contribution is 2.24. The topological polar surface area (TPSA) is 140 Å². The van der Waals surface area contributed by atoms with E-state index in [1.165, 1.54) is 20.8 Å². The maximum Gasteiger partial charge on any atom is 0.341 e. The van der Waals surface area contributed by atoms with Crippen molar-refractivity contribution in [1.82, 2.24) is 9.55 Å². The maximum absolute atomic E-state index is 12.6. The number of aromatic amines is 1. The van der Waals surface area contributed by atoms with Crippen LogP contribution in [0.3, 0.4) is 0 Å². The number of unbranched alkanes of at least 4 members (excludes halogenated alkanes) is 1. The molecule has 30 heavy (non-hydrogen) atoms. The average molecular weight is 438 g/mol. The first-order valence-corrected chi connectivity index (χ1v) is 10.6. The molecule has 4 N–H and O–H groups in total. The zero-order valence-corrected chi connectivity index (χ0v) is 18.1. The Morgan fingerprint density at radius 2 is 2.03 bits per heavy atom. The van der Waals surface area contributed by atoms with E-state index in [-0.39, 0.29) is 30.2 Å². The summed E-state index contributed by atoms with van der Waals surface area (Å²) in [4.78, 5) is 52.9. The van der Waals surface area contributed by atoms with Gasteiger partial charge in [0.05, 0.1) is 18.7 Å². The second-order valence-electron chi connectivity index (χ2n) is 6.44. The van der Waals surface area contributed by atoms with Crippen molar-refractivity contribution in [2.24, 2.45) is 0 Å². The van der Waals surface area contributed by atoms with Gasteiger partial charge in [-0.2, -0.15) is 0 Å². The second-order valence-corrected chi connectivity index (χ2v) is 7.36. The number of nitrogens with one attached hydrogen (secondary N) is 2. The van der Waals surface area contributed by atoms with Crippen LogP contribution in [0.15, 0.2) is 21.0 Å². The molecule has 0 saturated heterocycles. The van der Waals surface area contributed by atoms with Gasteiger partial charge < -0.3 is 20.7 Å². The molecule has 0 spiro atoms. The number of esters is 1. The van der Waals surface area contributed by atoms with Crippen LogP contribution in [-0.4, -0.2) is 41.1 Å². The summed E-state index contributed by atoms with van der Waals surface area (Å²) in [5, 5.41) is 4.72. The Labute approximate surface area is 177 Å². The van der Waals surface area contributed by atoms with Crippen molar-refractivity contribution in [3.8, 4) is 0 Å². The summed E-state index contributed by atoms with van der Waals surface area (Å²) < 4.78 is 6.28. The molecule has 10 nitrogen and oxygen atoms in total. The molecule has 2 heterocycles. The minimum absolute atomic E-state index is 0.0233. The smallest absolute Gasteiger partial charge is 0.341 e. The molecule has 0 atom stereocenters. The number of thiophene rings is 1. The molecule has 2 aromatic heterocycles. The average Bonchev–Trinajstić information content (AvgIpc) is 3.15. The van der Waals surface area contributed by atoms with Crippen LogP contribution >= 0.6 is 11.3 Å².